The number of rotatable bonds is 2. The molecule has 0 N–H and O–H groups in total. The van der Waals surface area contributed by atoms with Crippen LogP contribution in [0.15, 0.2) is 23.8 Å². The first-order valence-corrected chi connectivity index (χ1v) is 5.86. The summed E-state index contributed by atoms with van der Waals surface area (Å²) in [4.78, 5) is 9.34. The van der Waals surface area contributed by atoms with E-state index in [0.717, 1.165) is 20.0 Å². The van der Waals surface area contributed by atoms with E-state index < -0.39 is 0 Å². The third-order valence-electron chi connectivity index (χ3n) is 1.70. The lowest BCUT2D eigenvalue weighted by Gasteiger charge is -1.95. The summed E-state index contributed by atoms with van der Waals surface area (Å²) in [7, 11) is 1.66. The quantitative estimate of drug-likeness (QED) is 0.631. The predicted molar refractivity (Wildman–Crippen MR) is 64.6 cm³/mol. The average Bonchev–Trinajstić information content (AvgIpc) is 2.66. The molecule has 0 saturated heterocycles. The van der Waals surface area contributed by atoms with Gasteiger partial charge in [0.05, 0.1) is 17.7 Å². The van der Waals surface area contributed by atoms with Crippen molar-refractivity contribution in [2.75, 3.05) is 7.11 Å². The van der Waals surface area contributed by atoms with Gasteiger partial charge in [-0.2, -0.15) is 0 Å². The minimum absolute atomic E-state index is 0.874. The first-order chi connectivity index (χ1) is 6.79. The van der Waals surface area contributed by atoms with Crippen LogP contribution in [-0.2, 0) is 0 Å². The Kier molecular flexibility index (Phi) is 2.97. The van der Waals surface area contributed by atoms with Crippen LogP contribution in [-0.4, -0.2) is 17.1 Å². The van der Waals surface area contributed by atoms with Gasteiger partial charge < -0.3 is 4.74 Å². The summed E-state index contributed by atoms with van der Waals surface area (Å²) in [5.74, 6) is 0.874. The van der Waals surface area contributed by atoms with Crippen molar-refractivity contribution in [3.63, 3.8) is 0 Å². The van der Waals surface area contributed by atoms with Crippen LogP contribution in [0.1, 0.15) is 0 Å². The highest BCUT2D eigenvalue weighted by Crippen LogP contribution is 2.29. The zero-order valence-corrected chi connectivity index (χ0v) is 10.4. The van der Waals surface area contributed by atoms with Crippen molar-refractivity contribution >= 4 is 33.9 Å². The Bertz CT molecular complexity index is 444. The number of aromatic nitrogens is 2. The summed E-state index contributed by atoms with van der Waals surface area (Å²) >= 11 is 3.79. The van der Waals surface area contributed by atoms with Gasteiger partial charge in [0.15, 0.2) is 0 Å². The Morgan fingerprint density at radius 2 is 2.21 bits per heavy atom. The summed E-state index contributed by atoms with van der Waals surface area (Å²) in [6.07, 6.45) is 1.57. The molecule has 2 aromatic rings. The Morgan fingerprint density at radius 3 is 2.86 bits per heavy atom. The van der Waals surface area contributed by atoms with Crippen molar-refractivity contribution in [2.24, 2.45) is 0 Å². The number of nitrogens with zero attached hydrogens (tertiary/aromatic N) is 2. The van der Waals surface area contributed by atoms with Crippen LogP contribution in [0.2, 0.25) is 0 Å². The van der Waals surface area contributed by atoms with Crippen LogP contribution < -0.4 is 4.74 Å². The van der Waals surface area contributed by atoms with Gasteiger partial charge in [-0.05, 0) is 28.7 Å². The number of hydrogen-bond acceptors (Lipinski definition) is 4. The molecule has 0 atom stereocenters. The average molecular weight is 318 g/mol. The molecule has 0 amide bonds. The van der Waals surface area contributed by atoms with E-state index in [1.165, 1.54) is 0 Å². The standard InChI is InChI=1S/C9H7IN2OS/c1-13-6-2-8(14-4-6)7-3-9(10)12-5-11-7/h2-5H,1H3. The van der Waals surface area contributed by atoms with Crippen LogP contribution in [0.25, 0.3) is 10.6 Å². The zero-order chi connectivity index (χ0) is 9.97. The monoisotopic (exact) mass is 318 g/mol. The number of hydrogen-bond donors (Lipinski definition) is 0. The van der Waals surface area contributed by atoms with Gasteiger partial charge in [-0.25, -0.2) is 9.97 Å². The highest BCUT2D eigenvalue weighted by Gasteiger charge is 2.04. The molecule has 0 radical (unpaired) electrons. The normalized spacial score (nSPS) is 10.1. The third-order valence-corrected chi connectivity index (χ3v) is 3.22. The molecule has 14 heavy (non-hydrogen) atoms. The molecule has 0 aliphatic rings. The molecular formula is C9H7IN2OS. The molecule has 5 heteroatoms. The van der Waals surface area contributed by atoms with E-state index in [0.29, 0.717) is 0 Å². The molecule has 2 aromatic heterocycles. The van der Waals surface area contributed by atoms with E-state index in [1.807, 2.05) is 17.5 Å². The molecule has 0 bridgehead atoms. The van der Waals surface area contributed by atoms with Crippen molar-refractivity contribution < 1.29 is 4.74 Å². The molecule has 3 nitrogen and oxygen atoms in total. The van der Waals surface area contributed by atoms with Gasteiger partial charge in [0.2, 0.25) is 0 Å². The highest BCUT2D eigenvalue weighted by atomic mass is 127. The second-order valence-electron chi connectivity index (χ2n) is 2.58. The topological polar surface area (TPSA) is 35.0 Å². The van der Waals surface area contributed by atoms with Crippen LogP contribution >= 0.6 is 33.9 Å². The third kappa shape index (κ3) is 2.03. The van der Waals surface area contributed by atoms with Crippen LogP contribution in [0.3, 0.4) is 0 Å². The Labute approximate surface area is 99.3 Å². The molecule has 0 aromatic carbocycles. The lowest BCUT2D eigenvalue weighted by Crippen LogP contribution is -1.85. The fraction of sp³-hybridized carbons (Fsp3) is 0.111. The van der Waals surface area contributed by atoms with Crippen LogP contribution in [0.4, 0.5) is 0 Å². The van der Waals surface area contributed by atoms with Crippen molar-refractivity contribution in [3.8, 4) is 16.3 Å². The first kappa shape index (κ1) is 9.85. The van der Waals surface area contributed by atoms with Gasteiger partial charge in [-0.15, -0.1) is 11.3 Å². The number of ether oxygens (including phenoxy) is 1. The molecule has 0 saturated carbocycles. The number of halogens is 1. The summed E-state index contributed by atoms with van der Waals surface area (Å²) in [5.41, 5.74) is 0.942. The molecule has 0 aliphatic carbocycles. The van der Waals surface area contributed by atoms with Gasteiger partial charge in [0.1, 0.15) is 15.8 Å². The van der Waals surface area contributed by atoms with Crippen molar-refractivity contribution in [1.82, 2.24) is 9.97 Å². The maximum Gasteiger partial charge on any atom is 0.130 e. The Hall–Kier alpha value is -0.690. The summed E-state index contributed by atoms with van der Waals surface area (Å²) in [6, 6.07) is 3.93. The van der Waals surface area contributed by atoms with E-state index in [9.17, 15) is 0 Å². The first-order valence-electron chi connectivity index (χ1n) is 3.90. The molecule has 2 rings (SSSR count). The number of methoxy groups -OCH3 is 1. The predicted octanol–water partition coefficient (Wildman–Crippen LogP) is 2.82. The molecule has 0 aliphatic heterocycles. The Balaban J connectivity index is 2.39. The van der Waals surface area contributed by atoms with E-state index in [2.05, 4.69) is 32.6 Å². The highest BCUT2D eigenvalue weighted by molar-refractivity contribution is 14.1. The van der Waals surface area contributed by atoms with Crippen molar-refractivity contribution in [1.29, 1.82) is 0 Å². The van der Waals surface area contributed by atoms with E-state index in [1.54, 1.807) is 24.8 Å². The minimum Gasteiger partial charge on any atom is -0.496 e. The molecule has 2 heterocycles. The summed E-state index contributed by atoms with van der Waals surface area (Å²) < 4.78 is 6.06. The molecule has 0 fully saturated rings. The van der Waals surface area contributed by atoms with Gasteiger partial charge in [0.25, 0.3) is 0 Å². The van der Waals surface area contributed by atoms with Crippen molar-refractivity contribution in [3.05, 3.63) is 27.5 Å². The minimum atomic E-state index is 0.874. The summed E-state index contributed by atoms with van der Waals surface area (Å²) in [6.45, 7) is 0. The fourth-order valence-corrected chi connectivity index (χ4v) is 2.27. The smallest absolute Gasteiger partial charge is 0.130 e. The molecule has 0 unspecified atom stereocenters. The van der Waals surface area contributed by atoms with Crippen LogP contribution in [0.5, 0.6) is 5.75 Å². The fourth-order valence-electron chi connectivity index (χ4n) is 1.03. The molecule has 72 valence electrons. The number of thiophene rings is 1. The second-order valence-corrected chi connectivity index (χ2v) is 4.59. The zero-order valence-electron chi connectivity index (χ0n) is 7.40. The van der Waals surface area contributed by atoms with Gasteiger partial charge in [0, 0.05) is 11.4 Å². The van der Waals surface area contributed by atoms with Gasteiger partial charge >= 0.3 is 0 Å². The lowest BCUT2D eigenvalue weighted by molar-refractivity contribution is 0.417. The molecule has 0 spiro atoms. The van der Waals surface area contributed by atoms with Gasteiger partial charge in [-0.3, -0.25) is 0 Å². The lowest BCUT2D eigenvalue weighted by atomic mass is 10.3. The van der Waals surface area contributed by atoms with E-state index in [-0.39, 0.29) is 0 Å². The van der Waals surface area contributed by atoms with E-state index >= 15 is 0 Å². The molecular weight excluding hydrogens is 311 g/mol. The van der Waals surface area contributed by atoms with Crippen molar-refractivity contribution in [2.45, 2.75) is 0 Å². The van der Waals surface area contributed by atoms with Crippen LogP contribution in [0, 0.1) is 3.70 Å². The largest absolute Gasteiger partial charge is 0.496 e. The second kappa shape index (κ2) is 4.22. The summed E-state index contributed by atoms with van der Waals surface area (Å²) in [5, 5.41) is 1.96. The maximum absolute atomic E-state index is 5.11. The Morgan fingerprint density at radius 1 is 1.36 bits per heavy atom. The van der Waals surface area contributed by atoms with E-state index in [4.69, 9.17) is 4.74 Å². The van der Waals surface area contributed by atoms with Gasteiger partial charge in [-0.1, -0.05) is 0 Å². The maximum atomic E-state index is 5.11. The SMILES string of the molecule is COc1csc(-c2cc(I)ncn2)c1.